The van der Waals surface area contributed by atoms with Crippen molar-refractivity contribution in [2.75, 3.05) is 13.1 Å². The molecule has 2 N–H and O–H groups in total. The Labute approximate surface area is 183 Å². The van der Waals surface area contributed by atoms with Gasteiger partial charge in [0.15, 0.2) is 0 Å². The normalized spacial score (nSPS) is 17.9. The van der Waals surface area contributed by atoms with Gasteiger partial charge in [0.1, 0.15) is 6.04 Å². The van der Waals surface area contributed by atoms with E-state index in [0.29, 0.717) is 17.1 Å². The van der Waals surface area contributed by atoms with Crippen LogP contribution in [-0.4, -0.2) is 35.8 Å². The first-order chi connectivity index (χ1) is 14.4. The van der Waals surface area contributed by atoms with Crippen LogP contribution in [0.4, 0.5) is 0 Å². The van der Waals surface area contributed by atoms with Gasteiger partial charge in [-0.05, 0) is 55.5 Å². The second kappa shape index (κ2) is 10.6. The maximum absolute atomic E-state index is 12.5. The van der Waals surface area contributed by atoms with Crippen molar-refractivity contribution in [2.24, 2.45) is 5.92 Å². The summed E-state index contributed by atoms with van der Waals surface area (Å²) in [5.41, 5.74) is 2.70. The van der Waals surface area contributed by atoms with Crippen molar-refractivity contribution in [1.82, 2.24) is 15.5 Å². The van der Waals surface area contributed by atoms with E-state index in [-0.39, 0.29) is 11.8 Å². The van der Waals surface area contributed by atoms with E-state index in [2.05, 4.69) is 34.6 Å². The fourth-order valence-corrected chi connectivity index (χ4v) is 4.10. The first kappa shape index (κ1) is 22.3. The van der Waals surface area contributed by atoms with E-state index < -0.39 is 6.04 Å². The number of likely N-dealkylation sites (tertiary alicyclic amines) is 1. The first-order valence-corrected chi connectivity index (χ1v) is 10.9. The highest BCUT2D eigenvalue weighted by Crippen LogP contribution is 2.19. The number of hydrogen-bond donors (Lipinski definition) is 2. The molecule has 6 heteroatoms. The van der Waals surface area contributed by atoms with E-state index in [0.717, 1.165) is 31.1 Å². The maximum atomic E-state index is 12.5. The molecule has 0 saturated carbocycles. The van der Waals surface area contributed by atoms with Crippen molar-refractivity contribution < 1.29 is 9.59 Å². The van der Waals surface area contributed by atoms with Crippen LogP contribution in [0.2, 0.25) is 5.02 Å². The number of carbonyl (C=O) groups is 2. The number of rotatable bonds is 7. The summed E-state index contributed by atoms with van der Waals surface area (Å²) in [6.07, 6.45) is 2.54. The molecule has 2 amide bonds. The molecule has 0 radical (unpaired) electrons. The van der Waals surface area contributed by atoms with Crippen LogP contribution in [0.3, 0.4) is 0 Å². The number of amides is 2. The number of nitrogens with zero attached hydrogens (tertiary/aromatic N) is 1. The number of benzene rings is 2. The lowest BCUT2D eigenvalue weighted by molar-refractivity contribution is -0.122. The summed E-state index contributed by atoms with van der Waals surface area (Å²) >= 11 is 6.06. The van der Waals surface area contributed by atoms with Crippen LogP contribution in [0, 0.1) is 5.92 Å². The summed E-state index contributed by atoms with van der Waals surface area (Å²) in [5.74, 6) is 0.146. The van der Waals surface area contributed by atoms with Crippen LogP contribution < -0.4 is 10.6 Å². The Morgan fingerprint density at radius 1 is 1.13 bits per heavy atom. The highest BCUT2D eigenvalue weighted by molar-refractivity contribution is 6.33. The third-order valence-corrected chi connectivity index (χ3v) is 5.90. The first-order valence-electron chi connectivity index (χ1n) is 10.6. The zero-order valence-electron chi connectivity index (χ0n) is 17.7. The molecule has 2 aromatic carbocycles. The van der Waals surface area contributed by atoms with Crippen LogP contribution >= 0.6 is 11.6 Å². The van der Waals surface area contributed by atoms with Gasteiger partial charge in [-0.3, -0.25) is 14.5 Å². The van der Waals surface area contributed by atoms with Crippen LogP contribution in [0.15, 0.2) is 48.5 Å². The largest absolute Gasteiger partial charge is 0.350 e. The molecule has 0 spiro atoms. The van der Waals surface area contributed by atoms with Crippen molar-refractivity contribution in [3.63, 3.8) is 0 Å². The van der Waals surface area contributed by atoms with Crippen LogP contribution in [0.25, 0.3) is 0 Å². The minimum atomic E-state index is -0.663. The second-order valence-corrected chi connectivity index (χ2v) is 8.55. The molecular weight excluding hydrogens is 398 g/mol. The fraction of sp³-hybridized carbons (Fsp3) is 0.417. The Balaban J connectivity index is 1.55. The number of carbonyl (C=O) groups excluding carboxylic acids is 2. The molecular formula is C24H30ClN3O2. The molecule has 2 aromatic rings. The van der Waals surface area contributed by atoms with Gasteiger partial charge in [-0.2, -0.15) is 0 Å². The SMILES string of the molecule is C[C@H]1CCCN(Cc2ccccc2CNC(=O)[C@H](C)NC(=O)c2ccccc2Cl)C1. The topological polar surface area (TPSA) is 61.4 Å². The molecule has 0 aromatic heterocycles. The molecule has 3 rings (SSSR count). The standard InChI is InChI=1S/C24H30ClN3O2/c1-17-8-7-13-28(15-17)16-20-10-4-3-9-19(20)14-26-23(29)18(2)27-24(30)21-11-5-6-12-22(21)25/h3-6,9-12,17-18H,7-8,13-16H2,1-2H3,(H,26,29)(H,27,30)/t17-,18-/m0/s1. The summed E-state index contributed by atoms with van der Waals surface area (Å²) < 4.78 is 0. The van der Waals surface area contributed by atoms with E-state index in [9.17, 15) is 9.59 Å². The van der Waals surface area contributed by atoms with E-state index in [1.165, 1.54) is 18.4 Å². The summed E-state index contributed by atoms with van der Waals surface area (Å²) in [6.45, 7) is 7.55. The molecule has 0 bridgehead atoms. The van der Waals surface area contributed by atoms with Gasteiger partial charge in [0.25, 0.3) is 5.91 Å². The fourth-order valence-electron chi connectivity index (χ4n) is 3.88. The minimum Gasteiger partial charge on any atom is -0.350 e. The number of nitrogens with one attached hydrogen (secondary N) is 2. The van der Waals surface area contributed by atoms with Crippen LogP contribution in [0.1, 0.15) is 48.2 Å². The third-order valence-electron chi connectivity index (χ3n) is 5.57. The average molecular weight is 428 g/mol. The number of hydrogen-bond acceptors (Lipinski definition) is 3. The minimum absolute atomic E-state index is 0.225. The van der Waals surface area contributed by atoms with Crippen molar-refractivity contribution in [1.29, 1.82) is 0 Å². The van der Waals surface area contributed by atoms with Gasteiger partial charge in [0.05, 0.1) is 10.6 Å². The van der Waals surface area contributed by atoms with E-state index >= 15 is 0 Å². The monoisotopic (exact) mass is 427 g/mol. The molecule has 0 unspecified atom stereocenters. The Kier molecular flexibility index (Phi) is 7.88. The van der Waals surface area contributed by atoms with Gasteiger partial charge in [-0.1, -0.05) is 54.9 Å². The van der Waals surface area contributed by atoms with Gasteiger partial charge in [0, 0.05) is 19.6 Å². The molecule has 1 heterocycles. The smallest absolute Gasteiger partial charge is 0.253 e. The van der Waals surface area contributed by atoms with Crippen LogP contribution in [0.5, 0.6) is 0 Å². The predicted octanol–water partition coefficient (Wildman–Crippen LogP) is 4.01. The summed E-state index contributed by atoms with van der Waals surface area (Å²) in [7, 11) is 0. The van der Waals surface area contributed by atoms with Gasteiger partial charge in [-0.25, -0.2) is 0 Å². The third kappa shape index (κ3) is 6.07. The van der Waals surface area contributed by atoms with Crippen molar-refractivity contribution in [3.05, 3.63) is 70.2 Å². The van der Waals surface area contributed by atoms with Crippen molar-refractivity contribution in [3.8, 4) is 0 Å². The quantitative estimate of drug-likeness (QED) is 0.701. The molecule has 160 valence electrons. The van der Waals surface area contributed by atoms with E-state index in [1.807, 2.05) is 12.1 Å². The molecule has 1 saturated heterocycles. The average Bonchev–Trinajstić information content (AvgIpc) is 2.73. The Hall–Kier alpha value is -2.37. The zero-order valence-corrected chi connectivity index (χ0v) is 18.4. The van der Waals surface area contributed by atoms with Crippen molar-refractivity contribution in [2.45, 2.75) is 45.8 Å². The highest BCUT2D eigenvalue weighted by Gasteiger charge is 2.19. The van der Waals surface area contributed by atoms with Gasteiger partial charge < -0.3 is 10.6 Å². The van der Waals surface area contributed by atoms with Crippen LogP contribution in [-0.2, 0) is 17.9 Å². The lowest BCUT2D eigenvalue weighted by atomic mass is 9.99. The number of halogens is 1. The van der Waals surface area contributed by atoms with E-state index in [4.69, 9.17) is 11.6 Å². The Bertz CT molecular complexity index is 886. The lowest BCUT2D eigenvalue weighted by Crippen LogP contribution is -2.44. The summed E-state index contributed by atoms with van der Waals surface area (Å²) in [4.78, 5) is 27.4. The second-order valence-electron chi connectivity index (χ2n) is 8.14. The summed E-state index contributed by atoms with van der Waals surface area (Å²) in [6, 6.07) is 14.3. The van der Waals surface area contributed by atoms with Gasteiger partial charge >= 0.3 is 0 Å². The Morgan fingerprint density at radius 2 is 1.83 bits per heavy atom. The molecule has 1 aliphatic rings. The van der Waals surface area contributed by atoms with E-state index in [1.54, 1.807) is 31.2 Å². The van der Waals surface area contributed by atoms with Gasteiger partial charge in [-0.15, -0.1) is 0 Å². The van der Waals surface area contributed by atoms with Gasteiger partial charge in [0.2, 0.25) is 5.91 Å². The highest BCUT2D eigenvalue weighted by atomic mass is 35.5. The molecule has 1 aliphatic heterocycles. The molecule has 30 heavy (non-hydrogen) atoms. The number of piperidine rings is 1. The lowest BCUT2D eigenvalue weighted by Gasteiger charge is -2.31. The molecule has 1 fully saturated rings. The molecule has 2 atom stereocenters. The van der Waals surface area contributed by atoms with Crippen molar-refractivity contribution >= 4 is 23.4 Å². The zero-order chi connectivity index (χ0) is 21.5. The summed E-state index contributed by atoms with van der Waals surface area (Å²) in [5, 5.41) is 6.03. The predicted molar refractivity (Wildman–Crippen MR) is 120 cm³/mol. The maximum Gasteiger partial charge on any atom is 0.253 e. The Morgan fingerprint density at radius 3 is 2.57 bits per heavy atom. The molecule has 0 aliphatic carbocycles. The molecule has 5 nitrogen and oxygen atoms in total.